The molecule has 4 nitrogen and oxygen atoms in total. The van der Waals surface area contributed by atoms with E-state index < -0.39 is 6.10 Å². The third-order valence-electron chi connectivity index (χ3n) is 3.01. The molecule has 0 aromatic heterocycles. The molecule has 0 aliphatic carbocycles. The molecule has 1 amide bonds. The second-order valence-corrected chi connectivity index (χ2v) is 5.26. The Morgan fingerprint density at radius 2 is 1.71 bits per heavy atom. The average molecular weight is 324 g/mol. The number of nitrogens with one attached hydrogen (secondary N) is 1. The van der Waals surface area contributed by atoms with Gasteiger partial charge in [-0.05, 0) is 24.3 Å². The van der Waals surface area contributed by atoms with E-state index in [1.54, 1.807) is 30.3 Å². The van der Waals surface area contributed by atoms with Crippen molar-refractivity contribution in [3.05, 3.63) is 52.5 Å². The van der Waals surface area contributed by atoms with Crippen LogP contribution in [0.2, 0.25) is 10.0 Å². The first-order valence-electron chi connectivity index (χ1n) is 6.28. The lowest BCUT2D eigenvalue weighted by atomic mass is 10.2. The van der Waals surface area contributed by atoms with Crippen LogP contribution in [0.4, 0.5) is 5.69 Å². The highest BCUT2D eigenvalue weighted by atomic mass is 35.5. The van der Waals surface area contributed by atoms with Gasteiger partial charge in [0.2, 0.25) is 6.10 Å². The summed E-state index contributed by atoms with van der Waals surface area (Å²) in [4.78, 5) is 12.2. The van der Waals surface area contributed by atoms with Gasteiger partial charge in [-0.15, -0.1) is 0 Å². The lowest BCUT2D eigenvalue weighted by molar-refractivity contribution is -0.125. The normalized spacial score (nSPS) is 16.4. The molecule has 2 aromatic rings. The maximum Gasteiger partial charge on any atom is 0.269 e. The van der Waals surface area contributed by atoms with Crippen LogP contribution in [0.15, 0.2) is 42.5 Å². The van der Waals surface area contributed by atoms with Gasteiger partial charge in [0, 0.05) is 0 Å². The number of anilines is 1. The van der Waals surface area contributed by atoms with Crippen molar-refractivity contribution in [2.75, 3.05) is 11.9 Å². The Hall–Kier alpha value is -1.91. The molecular weight excluding hydrogens is 313 g/mol. The second-order valence-electron chi connectivity index (χ2n) is 4.45. The lowest BCUT2D eigenvalue weighted by Crippen LogP contribution is -2.40. The minimum Gasteiger partial charge on any atom is -0.485 e. The highest BCUT2D eigenvalue weighted by Gasteiger charge is 2.28. The fourth-order valence-electron chi connectivity index (χ4n) is 1.97. The van der Waals surface area contributed by atoms with Crippen LogP contribution < -0.4 is 14.8 Å². The van der Waals surface area contributed by atoms with Crippen molar-refractivity contribution in [2.45, 2.75) is 6.10 Å². The first kappa shape index (κ1) is 14.0. The summed E-state index contributed by atoms with van der Waals surface area (Å²) < 4.78 is 11.1. The number of halogens is 2. The summed E-state index contributed by atoms with van der Waals surface area (Å²) in [5.74, 6) is 0.797. The van der Waals surface area contributed by atoms with Crippen molar-refractivity contribution in [1.82, 2.24) is 0 Å². The van der Waals surface area contributed by atoms with Gasteiger partial charge in [0.1, 0.15) is 6.61 Å². The monoisotopic (exact) mass is 323 g/mol. The van der Waals surface area contributed by atoms with Crippen LogP contribution in [0.1, 0.15) is 0 Å². The van der Waals surface area contributed by atoms with Crippen molar-refractivity contribution < 1.29 is 14.3 Å². The molecule has 1 heterocycles. The van der Waals surface area contributed by atoms with Gasteiger partial charge in [-0.1, -0.05) is 41.4 Å². The molecule has 1 N–H and O–H groups in total. The quantitative estimate of drug-likeness (QED) is 0.915. The average Bonchev–Trinajstić information content (AvgIpc) is 2.50. The van der Waals surface area contributed by atoms with Crippen molar-refractivity contribution in [3.63, 3.8) is 0 Å². The molecule has 6 heteroatoms. The highest BCUT2D eigenvalue weighted by molar-refractivity contribution is 6.39. The number of carbonyl (C=O) groups excluding carboxylic acids is 1. The molecule has 0 saturated heterocycles. The summed E-state index contributed by atoms with van der Waals surface area (Å²) in [5, 5.41) is 3.41. The number of rotatable bonds is 2. The van der Waals surface area contributed by atoms with Gasteiger partial charge in [-0.2, -0.15) is 0 Å². The largest absolute Gasteiger partial charge is 0.485 e. The van der Waals surface area contributed by atoms with Gasteiger partial charge in [0.15, 0.2) is 11.5 Å². The molecule has 108 valence electrons. The van der Waals surface area contributed by atoms with E-state index in [9.17, 15) is 4.79 Å². The van der Waals surface area contributed by atoms with Crippen molar-refractivity contribution in [2.24, 2.45) is 0 Å². The Balaban J connectivity index is 1.76. The van der Waals surface area contributed by atoms with Crippen LogP contribution in [0.3, 0.4) is 0 Å². The molecular formula is C15H11Cl2NO3. The molecule has 0 radical (unpaired) electrons. The topological polar surface area (TPSA) is 47.6 Å². The standard InChI is InChI=1S/C15H11Cl2NO3/c16-9-4-3-5-10(17)14(9)18-15(19)13-8-20-11-6-1-2-7-12(11)21-13/h1-7,13H,8H2,(H,18,19)/t13-/m0/s1. The number of benzene rings is 2. The zero-order valence-corrected chi connectivity index (χ0v) is 12.3. The second kappa shape index (κ2) is 5.84. The number of fused-ring (bicyclic) bond motifs is 1. The van der Waals surface area contributed by atoms with E-state index in [-0.39, 0.29) is 12.5 Å². The lowest BCUT2D eigenvalue weighted by Gasteiger charge is -2.25. The van der Waals surface area contributed by atoms with Crippen molar-refractivity contribution in [1.29, 1.82) is 0 Å². The van der Waals surface area contributed by atoms with Crippen LogP contribution >= 0.6 is 23.2 Å². The number of amides is 1. The Bertz CT molecular complexity index is 670. The van der Waals surface area contributed by atoms with Crippen molar-refractivity contribution >= 4 is 34.8 Å². The maximum atomic E-state index is 12.2. The summed E-state index contributed by atoms with van der Waals surface area (Å²) in [6.45, 7) is 0.130. The van der Waals surface area contributed by atoms with E-state index in [4.69, 9.17) is 32.7 Å². The Morgan fingerprint density at radius 3 is 2.43 bits per heavy atom. The van der Waals surface area contributed by atoms with Crippen LogP contribution in [0, 0.1) is 0 Å². The minimum absolute atomic E-state index is 0.130. The van der Waals surface area contributed by atoms with E-state index >= 15 is 0 Å². The van der Waals surface area contributed by atoms with E-state index in [2.05, 4.69) is 5.32 Å². The minimum atomic E-state index is -0.757. The summed E-state index contributed by atoms with van der Waals surface area (Å²) in [5.41, 5.74) is 0.369. The third kappa shape index (κ3) is 2.91. The van der Waals surface area contributed by atoms with E-state index in [1.807, 2.05) is 12.1 Å². The van der Waals surface area contributed by atoms with Crippen LogP contribution in [0.5, 0.6) is 11.5 Å². The molecule has 3 rings (SSSR count). The van der Waals surface area contributed by atoms with Crippen LogP contribution in [0.25, 0.3) is 0 Å². The Labute approximate surface area is 131 Å². The van der Waals surface area contributed by atoms with Gasteiger partial charge < -0.3 is 14.8 Å². The molecule has 21 heavy (non-hydrogen) atoms. The molecule has 1 aliphatic rings. The zero-order chi connectivity index (χ0) is 14.8. The van der Waals surface area contributed by atoms with Gasteiger partial charge in [-0.3, -0.25) is 4.79 Å². The molecule has 0 saturated carbocycles. The molecule has 0 spiro atoms. The first-order chi connectivity index (χ1) is 10.1. The predicted molar refractivity (Wildman–Crippen MR) is 81.4 cm³/mol. The number of ether oxygens (including phenoxy) is 2. The maximum absolute atomic E-state index is 12.2. The summed E-state index contributed by atoms with van der Waals surface area (Å²) in [7, 11) is 0. The summed E-state index contributed by atoms with van der Waals surface area (Å²) >= 11 is 12.0. The van der Waals surface area contributed by atoms with E-state index in [1.165, 1.54) is 0 Å². The van der Waals surface area contributed by atoms with Gasteiger partial charge in [0.25, 0.3) is 5.91 Å². The Morgan fingerprint density at radius 1 is 1.05 bits per heavy atom. The van der Waals surface area contributed by atoms with Crippen molar-refractivity contribution in [3.8, 4) is 11.5 Å². The van der Waals surface area contributed by atoms with Gasteiger partial charge >= 0.3 is 0 Å². The molecule has 1 aliphatic heterocycles. The predicted octanol–water partition coefficient (Wildman–Crippen LogP) is 3.77. The Kier molecular flexibility index (Phi) is 3.90. The fraction of sp³-hybridized carbons (Fsp3) is 0.133. The smallest absolute Gasteiger partial charge is 0.269 e. The van der Waals surface area contributed by atoms with E-state index in [0.717, 1.165) is 0 Å². The first-order valence-corrected chi connectivity index (χ1v) is 7.04. The molecule has 0 unspecified atom stereocenters. The van der Waals surface area contributed by atoms with Gasteiger partial charge in [-0.25, -0.2) is 0 Å². The van der Waals surface area contributed by atoms with Gasteiger partial charge in [0.05, 0.1) is 15.7 Å². The summed E-state index contributed by atoms with van der Waals surface area (Å²) in [6.07, 6.45) is -0.757. The molecule has 2 aromatic carbocycles. The van der Waals surface area contributed by atoms with E-state index in [0.29, 0.717) is 27.2 Å². The third-order valence-corrected chi connectivity index (χ3v) is 3.64. The number of carbonyl (C=O) groups is 1. The number of para-hydroxylation sites is 3. The number of hydrogen-bond donors (Lipinski definition) is 1. The SMILES string of the molecule is O=C(Nc1c(Cl)cccc1Cl)[C@@H]1COc2ccccc2O1. The zero-order valence-electron chi connectivity index (χ0n) is 10.8. The molecule has 0 bridgehead atoms. The fourth-order valence-corrected chi connectivity index (χ4v) is 2.46. The number of hydrogen-bond acceptors (Lipinski definition) is 3. The molecule has 1 atom stereocenters. The summed E-state index contributed by atoms with van der Waals surface area (Å²) in [6, 6.07) is 12.2. The van der Waals surface area contributed by atoms with Crippen LogP contribution in [-0.4, -0.2) is 18.6 Å². The highest BCUT2D eigenvalue weighted by Crippen LogP contribution is 2.33. The van der Waals surface area contributed by atoms with Crippen LogP contribution in [-0.2, 0) is 4.79 Å². The molecule has 0 fully saturated rings.